The molecule has 5 nitrogen and oxygen atoms in total. The van der Waals surface area contributed by atoms with Crippen LogP contribution in [0.3, 0.4) is 0 Å². The molecule has 2 aromatic rings. The number of ether oxygens (including phenoxy) is 2. The molecule has 0 aliphatic carbocycles. The fraction of sp³-hybridized carbons (Fsp3) is 0.458. The minimum absolute atomic E-state index is 0.0364. The molecule has 1 aliphatic heterocycles. The number of methoxy groups -OCH3 is 2. The van der Waals surface area contributed by atoms with Gasteiger partial charge in [-0.1, -0.05) is 32.0 Å². The molecule has 1 atom stereocenters. The van der Waals surface area contributed by atoms with Crippen LogP contribution >= 0.6 is 0 Å². The van der Waals surface area contributed by atoms with Crippen LogP contribution in [0.25, 0.3) is 0 Å². The van der Waals surface area contributed by atoms with Crippen LogP contribution in [0.15, 0.2) is 36.4 Å². The third-order valence-electron chi connectivity index (χ3n) is 5.77. The third kappa shape index (κ3) is 4.73. The molecule has 1 unspecified atom stereocenters. The fourth-order valence-corrected chi connectivity index (χ4v) is 4.23. The first-order chi connectivity index (χ1) is 14.1. The highest BCUT2D eigenvalue weighted by Gasteiger charge is 2.30. The average Bonchev–Trinajstić information content (AvgIpc) is 3.20. The Balaban J connectivity index is 1.78. The van der Waals surface area contributed by atoms with Crippen LogP contribution in [0.1, 0.15) is 49.4 Å². The molecule has 0 saturated carbocycles. The van der Waals surface area contributed by atoms with E-state index in [4.69, 9.17) is 9.47 Å². The Labute approximate surface area is 174 Å². The molecule has 0 spiro atoms. The first-order valence-corrected chi connectivity index (χ1v) is 10.5. The quantitative estimate of drug-likeness (QED) is 0.708. The summed E-state index contributed by atoms with van der Waals surface area (Å²) < 4.78 is 11.0. The van der Waals surface area contributed by atoms with Crippen LogP contribution in [0.4, 0.5) is 5.69 Å². The second-order valence-electron chi connectivity index (χ2n) is 7.44. The number of rotatable bonds is 8. The van der Waals surface area contributed by atoms with E-state index in [1.807, 2.05) is 18.2 Å². The van der Waals surface area contributed by atoms with Crippen molar-refractivity contribution in [2.75, 3.05) is 32.6 Å². The van der Waals surface area contributed by atoms with Gasteiger partial charge in [0.25, 0.3) is 0 Å². The Morgan fingerprint density at radius 3 is 2.45 bits per heavy atom. The van der Waals surface area contributed by atoms with E-state index < -0.39 is 0 Å². The standard InChI is InChI=1S/C24H32N2O3/c1-5-17-9-7-10-18(6-2)24(17)25-23(27)16-26-14-8-11-21(26)20-15-19(28-3)12-13-22(20)29-4/h7,9-10,12-13,15,21H,5-6,8,11,14,16H2,1-4H3,(H,25,27). The number of carbonyl (C=O) groups excluding carboxylic acids is 1. The molecule has 2 aromatic carbocycles. The summed E-state index contributed by atoms with van der Waals surface area (Å²) in [5, 5.41) is 3.19. The summed E-state index contributed by atoms with van der Waals surface area (Å²) in [7, 11) is 3.35. The lowest BCUT2D eigenvalue weighted by Gasteiger charge is -2.26. The Kier molecular flexibility index (Phi) is 7.15. The summed E-state index contributed by atoms with van der Waals surface area (Å²) in [4.78, 5) is 15.2. The molecule has 1 heterocycles. The topological polar surface area (TPSA) is 50.8 Å². The molecule has 1 N–H and O–H groups in total. The summed E-state index contributed by atoms with van der Waals surface area (Å²) in [6, 6.07) is 12.3. The average molecular weight is 397 g/mol. The molecule has 0 radical (unpaired) electrons. The van der Waals surface area contributed by atoms with Crippen LogP contribution in [-0.2, 0) is 17.6 Å². The van der Waals surface area contributed by atoms with Crippen molar-refractivity contribution in [2.45, 2.75) is 45.6 Å². The van der Waals surface area contributed by atoms with Crippen molar-refractivity contribution in [3.8, 4) is 11.5 Å². The van der Waals surface area contributed by atoms with Gasteiger partial charge in [0.2, 0.25) is 5.91 Å². The number of hydrogen-bond donors (Lipinski definition) is 1. The Morgan fingerprint density at radius 2 is 1.83 bits per heavy atom. The van der Waals surface area contributed by atoms with E-state index in [-0.39, 0.29) is 11.9 Å². The largest absolute Gasteiger partial charge is 0.497 e. The van der Waals surface area contributed by atoms with E-state index in [0.717, 1.165) is 55.0 Å². The van der Waals surface area contributed by atoms with Gasteiger partial charge in [0.05, 0.1) is 20.8 Å². The van der Waals surface area contributed by atoms with Gasteiger partial charge in [0.15, 0.2) is 0 Å². The zero-order chi connectivity index (χ0) is 20.8. The molecule has 5 heteroatoms. The van der Waals surface area contributed by atoms with Gasteiger partial charge in [0.1, 0.15) is 11.5 Å². The second-order valence-corrected chi connectivity index (χ2v) is 7.44. The van der Waals surface area contributed by atoms with Crippen LogP contribution in [0.5, 0.6) is 11.5 Å². The second kappa shape index (κ2) is 9.79. The highest BCUT2D eigenvalue weighted by molar-refractivity contribution is 5.94. The number of nitrogens with one attached hydrogen (secondary N) is 1. The lowest BCUT2D eigenvalue weighted by atomic mass is 10.0. The maximum Gasteiger partial charge on any atom is 0.238 e. The van der Waals surface area contributed by atoms with E-state index in [0.29, 0.717) is 6.54 Å². The van der Waals surface area contributed by atoms with Crippen molar-refractivity contribution >= 4 is 11.6 Å². The summed E-state index contributed by atoms with van der Waals surface area (Å²) in [5.74, 6) is 1.68. The summed E-state index contributed by atoms with van der Waals surface area (Å²) in [5.41, 5.74) is 4.44. The van der Waals surface area contributed by atoms with E-state index in [2.05, 4.69) is 42.3 Å². The number of nitrogens with zero attached hydrogens (tertiary/aromatic N) is 1. The van der Waals surface area contributed by atoms with Gasteiger partial charge in [-0.15, -0.1) is 0 Å². The van der Waals surface area contributed by atoms with Gasteiger partial charge < -0.3 is 14.8 Å². The molecule has 0 aromatic heterocycles. The number of benzene rings is 2. The number of aryl methyl sites for hydroxylation is 2. The molecule has 29 heavy (non-hydrogen) atoms. The maximum absolute atomic E-state index is 13.0. The molecule has 0 bridgehead atoms. The number of amides is 1. The smallest absolute Gasteiger partial charge is 0.238 e. The highest BCUT2D eigenvalue weighted by atomic mass is 16.5. The van der Waals surface area contributed by atoms with Crippen molar-refractivity contribution in [3.05, 3.63) is 53.1 Å². The summed E-state index contributed by atoms with van der Waals surface area (Å²) >= 11 is 0. The number of anilines is 1. The molecule has 1 aliphatic rings. The number of para-hydroxylation sites is 1. The summed E-state index contributed by atoms with van der Waals surface area (Å²) in [6.07, 6.45) is 3.86. The molecular weight excluding hydrogens is 364 g/mol. The number of carbonyl (C=O) groups is 1. The predicted octanol–water partition coefficient (Wildman–Crippen LogP) is 4.60. The number of hydrogen-bond acceptors (Lipinski definition) is 4. The van der Waals surface area contributed by atoms with Crippen LogP contribution in [-0.4, -0.2) is 38.1 Å². The Bertz CT molecular complexity index is 828. The third-order valence-corrected chi connectivity index (χ3v) is 5.77. The van der Waals surface area contributed by atoms with Gasteiger partial charge in [0, 0.05) is 17.3 Å². The van der Waals surface area contributed by atoms with E-state index in [9.17, 15) is 4.79 Å². The minimum Gasteiger partial charge on any atom is -0.497 e. The molecular formula is C24H32N2O3. The molecule has 1 fully saturated rings. The SMILES string of the molecule is CCc1cccc(CC)c1NC(=O)CN1CCCC1c1cc(OC)ccc1OC. The van der Waals surface area contributed by atoms with Gasteiger partial charge in [-0.3, -0.25) is 9.69 Å². The predicted molar refractivity (Wildman–Crippen MR) is 117 cm³/mol. The van der Waals surface area contributed by atoms with Crippen molar-refractivity contribution in [1.82, 2.24) is 4.90 Å². The van der Waals surface area contributed by atoms with Gasteiger partial charge in [-0.25, -0.2) is 0 Å². The lowest BCUT2D eigenvalue weighted by molar-refractivity contribution is -0.117. The van der Waals surface area contributed by atoms with Gasteiger partial charge in [-0.05, 0) is 61.6 Å². The van der Waals surface area contributed by atoms with Crippen LogP contribution in [0.2, 0.25) is 0 Å². The van der Waals surface area contributed by atoms with E-state index >= 15 is 0 Å². The first-order valence-electron chi connectivity index (χ1n) is 10.5. The van der Waals surface area contributed by atoms with Gasteiger partial charge in [-0.2, -0.15) is 0 Å². The zero-order valence-electron chi connectivity index (χ0n) is 18.0. The molecule has 1 saturated heterocycles. The number of likely N-dealkylation sites (tertiary alicyclic amines) is 1. The van der Waals surface area contributed by atoms with Crippen LogP contribution in [0, 0.1) is 0 Å². The lowest BCUT2D eigenvalue weighted by Crippen LogP contribution is -2.33. The van der Waals surface area contributed by atoms with Crippen molar-refractivity contribution in [3.63, 3.8) is 0 Å². The summed E-state index contributed by atoms with van der Waals surface area (Å²) in [6.45, 7) is 5.51. The van der Waals surface area contributed by atoms with Gasteiger partial charge >= 0.3 is 0 Å². The van der Waals surface area contributed by atoms with E-state index in [1.165, 1.54) is 11.1 Å². The Morgan fingerprint density at radius 1 is 1.10 bits per heavy atom. The molecule has 1 amide bonds. The maximum atomic E-state index is 13.0. The highest BCUT2D eigenvalue weighted by Crippen LogP contribution is 2.38. The minimum atomic E-state index is 0.0364. The first kappa shape index (κ1) is 21.2. The molecule has 156 valence electrons. The van der Waals surface area contributed by atoms with Crippen molar-refractivity contribution in [2.24, 2.45) is 0 Å². The normalized spacial score (nSPS) is 16.6. The van der Waals surface area contributed by atoms with Crippen molar-refractivity contribution < 1.29 is 14.3 Å². The van der Waals surface area contributed by atoms with Crippen molar-refractivity contribution in [1.29, 1.82) is 0 Å². The fourth-order valence-electron chi connectivity index (χ4n) is 4.23. The Hall–Kier alpha value is -2.53. The zero-order valence-corrected chi connectivity index (χ0v) is 18.0. The van der Waals surface area contributed by atoms with Crippen LogP contribution < -0.4 is 14.8 Å². The van der Waals surface area contributed by atoms with E-state index in [1.54, 1.807) is 14.2 Å². The monoisotopic (exact) mass is 396 g/mol. The molecule has 3 rings (SSSR count).